The Hall–Kier alpha value is -1.89. The van der Waals surface area contributed by atoms with Gasteiger partial charge in [0, 0.05) is 13.2 Å². The van der Waals surface area contributed by atoms with Crippen LogP contribution in [-0.2, 0) is 13.2 Å². The van der Waals surface area contributed by atoms with Crippen LogP contribution in [0.2, 0.25) is 0 Å². The van der Waals surface area contributed by atoms with E-state index in [-0.39, 0.29) is 11.3 Å². The quantitative estimate of drug-likeness (QED) is 0.855. The van der Waals surface area contributed by atoms with Gasteiger partial charge in [0.15, 0.2) is 0 Å². The fourth-order valence-corrected chi connectivity index (χ4v) is 1.68. The van der Waals surface area contributed by atoms with Gasteiger partial charge in [0.1, 0.15) is 11.9 Å². The summed E-state index contributed by atoms with van der Waals surface area (Å²) in [5.41, 5.74) is -1.27. The third-order valence-electron chi connectivity index (χ3n) is 2.63. The minimum Gasteiger partial charge on any atom is -0.382 e. The zero-order valence-corrected chi connectivity index (χ0v) is 9.82. The molecule has 0 saturated heterocycles. The molecule has 19 heavy (non-hydrogen) atoms. The summed E-state index contributed by atoms with van der Waals surface area (Å²) >= 11 is 0. The van der Waals surface area contributed by atoms with E-state index >= 15 is 0 Å². The number of aryl methyl sites for hydroxylation is 1. The Morgan fingerprint density at radius 3 is 2.47 bits per heavy atom. The summed E-state index contributed by atoms with van der Waals surface area (Å²) in [6.07, 6.45) is -4.58. The van der Waals surface area contributed by atoms with Gasteiger partial charge in [-0.25, -0.2) is 4.39 Å². The lowest BCUT2D eigenvalue weighted by Gasteiger charge is -2.13. The minimum atomic E-state index is -4.80. The number of aliphatic hydroxyl groups is 1. The molecule has 0 aliphatic heterocycles. The van der Waals surface area contributed by atoms with E-state index in [1.165, 1.54) is 10.7 Å². The monoisotopic (exact) mass is 274 g/mol. The van der Waals surface area contributed by atoms with Crippen molar-refractivity contribution in [3.63, 3.8) is 0 Å². The number of nitrogens with zero attached hydrogens (tertiary/aromatic N) is 2. The number of benzene rings is 1. The summed E-state index contributed by atoms with van der Waals surface area (Å²) in [7, 11) is 1.61. The van der Waals surface area contributed by atoms with Crippen LogP contribution >= 0.6 is 0 Å². The van der Waals surface area contributed by atoms with E-state index in [0.717, 1.165) is 6.07 Å². The van der Waals surface area contributed by atoms with Gasteiger partial charge in [-0.15, -0.1) is 0 Å². The second-order valence-corrected chi connectivity index (χ2v) is 4.05. The van der Waals surface area contributed by atoms with Gasteiger partial charge in [-0.3, -0.25) is 4.68 Å². The predicted molar refractivity (Wildman–Crippen MR) is 58.7 cm³/mol. The lowest BCUT2D eigenvalue weighted by atomic mass is 10.0. The molecule has 0 aliphatic carbocycles. The maximum Gasteiger partial charge on any atom is 0.419 e. The molecule has 2 rings (SSSR count). The maximum atomic E-state index is 13.1. The Bertz CT molecular complexity index is 592. The molecule has 0 fully saturated rings. The number of rotatable bonds is 2. The fraction of sp³-hybridized carbons (Fsp3) is 0.250. The number of alkyl halides is 3. The molecule has 0 saturated carbocycles. The van der Waals surface area contributed by atoms with Crippen LogP contribution in [0.25, 0.3) is 0 Å². The van der Waals surface area contributed by atoms with E-state index in [1.807, 2.05) is 0 Å². The molecular formula is C12H10F4N2O. The third-order valence-corrected chi connectivity index (χ3v) is 2.63. The molecule has 1 N–H and O–H groups in total. The zero-order chi connectivity index (χ0) is 14.2. The van der Waals surface area contributed by atoms with E-state index in [9.17, 15) is 22.7 Å². The average Bonchev–Trinajstić information content (AvgIpc) is 2.74. The molecule has 102 valence electrons. The van der Waals surface area contributed by atoms with E-state index in [2.05, 4.69) is 5.10 Å². The van der Waals surface area contributed by atoms with Crippen LogP contribution in [0.4, 0.5) is 17.6 Å². The summed E-state index contributed by atoms with van der Waals surface area (Å²) in [6.45, 7) is 0. The highest BCUT2D eigenvalue weighted by molar-refractivity contribution is 5.32. The number of hydrogen-bond donors (Lipinski definition) is 1. The molecule has 2 aromatic rings. The van der Waals surface area contributed by atoms with Crippen LogP contribution in [0.1, 0.15) is 22.9 Å². The Morgan fingerprint density at radius 1 is 1.26 bits per heavy atom. The molecule has 0 amide bonds. The highest BCUT2D eigenvalue weighted by Crippen LogP contribution is 2.33. The molecule has 1 atom stereocenters. The van der Waals surface area contributed by atoms with Crippen molar-refractivity contribution in [1.29, 1.82) is 0 Å². The molecule has 0 bridgehead atoms. The molecule has 0 radical (unpaired) electrons. The van der Waals surface area contributed by atoms with E-state index in [4.69, 9.17) is 0 Å². The average molecular weight is 274 g/mol. The summed E-state index contributed by atoms with van der Waals surface area (Å²) in [6, 6.07) is 3.85. The maximum absolute atomic E-state index is 13.1. The summed E-state index contributed by atoms with van der Waals surface area (Å²) in [5.74, 6) is -1.37. The molecular weight excluding hydrogens is 264 g/mol. The van der Waals surface area contributed by atoms with Crippen molar-refractivity contribution in [2.75, 3.05) is 0 Å². The molecule has 7 heteroatoms. The summed E-state index contributed by atoms with van der Waals surface area (Å²) < 4.78 is 52.2. The Labute approximate surface area is 106 Å². The van der Waals surface area contributed by atoms with Gasteiger partial charge in [-0.1, -0.05) is 6.07 Å². The van der Waals surface area contributed by atoms with Crippen molar-refractivity contribution >= 4 is 0 Å². The Morgan fingerprint density at radius 2 is 1.95 bits per heavy atom. The normalized spacial score (nSPS) is 13.6. The molecule has 1 aromatic carbocycles. The van der Waals surface area contributed by atoms with Crippen LogP contribution in [0.15, 0.2) is 30.5 Å². The summed E-state index contributed by atoms with van der Waals surface area (Å²) in [5, 5.41) is 13.8. The second kappa shape index (κ2) is 4.65. The highest BCUT2D eigenvalue weighted by atomic mass is 19.4. The predicted octanol–water partition coefficient (Wildman–Crippen LogP) is 2.66. The molecule has 1 heterocycles. The van der Waals surface area contributed by atoms with Gasteiger partial charge >= 0.3 is 6.18 Å². The Balaban J connectivity index is 2.41. The van der Waals surface area contributed by atoms with Gasteiger partial charge < -0.3 is 5.11 Å². The van der Waals surface area contributed by atoms with Gasteiger partial charge in [0.05, 0.1) is 11.3 Å². The minimum absolute atomic E-state index is 0.0626. The van der Waals surface area contributed by atoms with Crippen molar-refractivity contribution < 1.29 is 22.7 Å². The van der Waals surface area contributed by atoms with E-state index in [1.54, 1.807) is 13.2 Å². The van der Waals surface area contributed by atoms with Gasteiger partial charge in [0.25, 0.3) is 0 Å². The first kappa shape index (κ1) is 13.5. The van der Waals surface area contributed by atoms with Crippen LogP contribution in [-0.4, -0.2) is 14.9 Å². The van der Waals surface area contributed by atoms with Crippen molar-refractivity contribution in [3.05, 3.63) is 53.1 Å². The van der Waals surface area contributed by atoms with Gasteiger partial charge in [-0.2, -0.15) is 18.3 Å². The molecule has 1 unspecified atom stereocenters. The number of halogens is 4. The van der Waals surface area contributed by atoms with Crippen LogP contribution in [0.3, 0.4) is 0 Å². The van der Waals surface area contributed by atoms with Crippen molar-refractivity contribution in [1.82, 2.24) is 9.78 Å². The number of aliphatic hydroxyl groups excluding tert-OH is 1. The summed E-state index contributed by atoms with van der Waals surface area (Å²) in [4.78, 5) is 0. The van der Waals surface area contributed by atoms with Crippen LogP contribution in [0, 0.1) is 5.82 Å². The largest absolute Gasteiger partial charge is 0.419 e. The first-order valence-electron chi connectivity index (χ1n) is 5.33. The highest BCUT2D eigenvalue weighted by Gasteiger charge is 2.34. The van der Waals surface area contributed by atoms with Gasteiger partial charge in [0.2, 0.25) is 0 Å². The first-order valence-corrected chi connectivity index (χ1v) is 5.33. The topological polar surface area (TPSA) is 38.0 Å². The third kappa shape index (κ3) is 2.76. The molecule has 0 aliphatic rings. The number of aromatic nitrogens is 2. The lowest BCUT2D eigenvalue weighted by Crippen LogP contribution is -2.10. The van der Waals surface area contributed by atoms with Crippen molar-refractivity contribution in [3.8, 4) is 0 Å². The van der Waals surface area contributed by atoms with E-state index in [0.29, 0.717) is 12.1 Å². The second-order valence-electron chi connectivity index (χ2n) is 4.05. The molecule has 1 aromatic heterocycles. The molecule has 0 spiro atoms. The SMILES string of the molecule is Cn1ccc(C(O)c2ccc(F)c(C(F)(F)F)c2)n1. The van der Waals surface area contributed by atoms with Crippen LogP contribution in [0.5, 0.6) is 0 Å². The first-order chi connectivity index (χ1) is 8.79. The van der Waals surface area contributed by atoms with Crippen molar-refractivity contribution in [2.45, 2.75) is 12.3 Å². The number of hydrogen-bond acceptors (Lipinski definition) is 2. The van der Waals surface area contributed by atoms with Crippen molar-refractivity contribution in [2.24, 2.45) is 7.05 Å². The molecule has 3 nitrogen and oxygen atoms in total. The standard InChI is InChI=1S/C12H10F4N2O/c1-18-5-4-10(17-18)11(19)7-2-3-9(13)8(6-7)12(14,15)16/h2-6,11,19H,1H3. The van der Waals surface area contributed by atoms with Crippen LogP contribution < -0.4 is 0 Å². The zero-order valence-electron chi connectivity index (χ0n) is 9.82. The lowest BCUT2D eigenvalue weighted by molar-refractivity contribution is -0.140. The van der Waals surface area contributed by atoms with Gasteiger partial charge in [-0.05, 0) is 23.8 Å². The Kier molecular flexibility index (Phi) is 3.32. The van der Waals surface area contributed by atoms with E-state index < -0.39 is 23.7 Å². The fourth-order valence-electron chi connectivity index (χ4n) is 1.68. The smallest absolute Gasteiger partial charge is 0.382 e.